The van der Waals surface area contributed by atoms with Crippen molar-refractivity contribution < 1.29 is 13.2 Å². The molecule has 0 fully saturated rings. The molecule has 1 nitrogen and oxygen atoms in total. The average molecular weight is 215 g/mol. The van der Waals surface area contributed by atoms with Gasteiger partial charge in [0.2, 0.25) is 0 Å². The molecule has 4 heteroatoms. The summed E-state index contributed by atoms with van der Waals surface area (Å²) >= 11 is 0. The van der Waals surface area contributed by atoms with E-state index in [1.54, 1.807) is 31.2 Å². The standard InChI is InChI=1S/C11H12F3N/c1-9(8-15(2)11(12,13)14)10-6-4-3-5-7-10/h3-8H,1-2H3/b9-8+. The van der Waals surface area contributed by atoms with Gasteiger partial charge in [-0.3, -0.25) is 4.90 Å². The van der Waals surface area contributed by atoms with Crippen molar-refractivity contribution >= 4 is 5.57 Å². The molecule has 0 atom stereocenters. The molecule has 0 bridgehead atoms. The van der Waals surface area contributed by atoms with Crippen LogP contribution in [0, 0.1) is 0 Å². The van der Waals surface area contributed by atoms with Gasteiger partial charge in [-0.05, 0) is 18.1 Å². The van der Waals surface area contributed by atoms with Crippen LogP contribution in [0.3, 0.4) is 0 Å². The molecule has 0 aliphatic carbocycles. The van der Waals surface area contributed by atoms with Crippen molar-refractivity contribution in [3.05, 3.63) is 42.1 Å². The van der Waals surface area contributed by atoms with Gasteiger partial charge in [-0.15, -0.1) is 0 Å². The second kappa shape index (κ2) is 4.38. The molecule has 0 N–H and O–H groups in total. The highest BCUT2D eigenvalue weighted by atomic mass is 19.4. The quantitative estimate of drug-likeness (QED) is 0.682. The molecule has 1 aromatic carbocycles. The molecule has 0 radical (unpaired) electrons. The Morgan fingerprint density at radius 2 is 1.73 bits per heavy atom. The lowest BCUT2D eigenvalue weighted by atomic mass is 10.1. The maximum Gasteiger partial charge on any atom is 0.484 e. The highest BCUT2D eigenvalue weighted by Gasteiger charge is 2.31. The second-order valence-corrected chi connectivity index (χ2v) is 3.26. The van der Waals surface area contributed by atoms with Crippen LogP contribution in [-0.2, 0) is 0 Å². The Hall–Kier alpha value is -1.45. The van der Waals surface area contributed by atoms with Gasteiger partial charge in [0, 0.05) is 13.2 Å². The molecule has 0 amide bonds. The Labute approximate surface area is 86.8 Å². The fourth-order valence-electron chi connectivity index (χ4n) is 1.14. The highest BCUT2D eigenvalue weighted by molar-refractivity contribution is 5.63. The third kappa shape index (κ3) is 3.31. The predicted octanol–water partition coefficient (Wildman–Crippen LogP) is 3.50. The first kappa shape index (κ1) is 11.6. The summed E-state index contributed by atoms with van der Waals surface area (Å²) in [6.45, 7) is 1.65. The fourth-order valence-corrected chi connectivity index (χ4v) is 1.14. The monoisotopic (exact) mass is 215 g/mol. The summed E-state index contributed by atoms with van der Waals surface area (Å²) in [5, 5.41) is 0. The van der Waals surface area contributed by atoms with Crippen LogP contribution in [0.4, 0.5) is 13.2 Å². The van der Waals surface area contributed by atoms with Crippen LogP contribution in [0.2, 0.25) is 0 Å². The third-order valence-electron chi connectivity index (χ3n) is 2.02. The number of nitrogens with zero attached hydrogens (tertiary/aromatic N) is 1. The zero-order valence-corrected chi connectivity index (χ0v) is 8.55. The van der Waals surface area contributed by atoms with Gasteiger partial charge in [-0.25, -0.2) is 0 Å². The van der Waals surface area contributed by atoms with Gasteiger partial charge in [0.05, 0.1) is 0 Å². The summed E-state index contributed by atoms with van der Waals surface area (Å²) < 4.78 is 36.6. The normalized spacial score (nSPS) is 12.7. The van der Waals surface area contributed by atoms with Crippen LogP contribution in [-0.4, -0.2) is 18.2 Å². The zero-order valence-electron chi connectivity index (χ0n) is 8.55. The minimum atomic E-state index is -4.32. The number of rotatable bonds is 2. The lowest BCUT2D eigenvalue weighted by molar-refractivity contribution is -0.218. The molecule has 1 rings (SSSR count). The lowest BCUT2D eigenvalue weighted by Gasteiger charge is -2.18. The van der Waals surface area contributed by atoms with Gasteiger partial charge in [-0.2, -0.15) is 13.2 Å². The topological polar surface area (TPSA) is 3.24 Å². The van der Waals surface area contributed by atoms with Gasteiger partial charge in [0.15, 0.2) is 0 Å². The summed E-state index contributed by atoms with van der Waals surface area (Å²) in [5.74, 6) is 0. The summed E-state index contributed by atoms with van der Waals surface area (Å²) in [5.41, 5.74) is 1.36. The Morgan fingerprint density at radius 3 is 2.20 bits per heavy atom. The summed E-state index contributed by atoms with van der Waals surface area (Å²) in [6.07, 6.45) is -3.24. The minimum Gasteiger partial charge on any atom is -0.293 e. The van der Waals surface area contributed by atoms with E-state index < -0.39 is 6.30 Å². The number of halogens is 3. The van der Waals surface area contributed by atoms with Crippen molar-refractivity contribution in [1.82, 2.24) is 4.90 Å². The van der Waals surface area contributed by atoms with Crippen molar-refractivity contribution in [3.63, 3.8) is 0 Å². The van der Waals surface area contributed by atoms with Gasteiger partial charge < -0.3 is 0 Å². The molecule has 0 aromatic heterocycles. The first-order valence-electron chi connectivity index (χ1n) is 4.45. The number of hydrogen-bond acceptors (Lipinski definition) is 1. The van der Waals surface area contributed by atoms with Crippen LogP contribution in [0.1, 0.15) is 12.5 Å². The van der Waals surface area contributed by atoms with Crippen LogP contribution in [0.5, 0.6) is 0 Å². The second-order valence-electron chi connectivity index (χ2n) is 3.26. The number of benzene rings is 1. The Bertz CT molecular complexity index is 341. The molecule has 15 heavy (non-hydrogen) atoms. The maximum atomic E-state index is 12.2. The Morgan fingerprint density at radius 1 is 1.20 bits per heavy atom. The largest absolute Gasteiger partial charge is 0.484 e. The first-order valence-corrected chi connectivity index (χ1v) is 4.45. The molecule has 0 unspecified atom stereocenters. The predicted molar refractivity (Wildman–Crippen MR) is 53.9 cm³/mol. The lowest BCUT2D eigenvalue weighted by Crippen LogP contribution is -2.29. The molecule has 0 spiro atoms. The number of allylic oxidation sites excluding steroid dienone is 1. The molecular formula is C11H12F3N. The zero-order chi connectivity index (χ0) is 11.5. The van der Waals surface area contributed by atoms with E-state index in [9.17, 15) is 13.2 Å². The minimum absolute atomic E-state index is 0.245. The maximum absolute atomic E-state index is 12.2. The molecule has 0 saturated heterocycles. The van der Waals surface area contributed by atoms with E-state index in [2.05, 4.69) is 0 Å². The molecule has 0 heterocycles. The van der Waals surface area contributed by atoms with E-state index in [4.69, 9.17) is 0 Å². The smallest absolute Gasteiger partial charge is 0.293 e. The van der Waals surface area contributed by atoms with Crippen molar-refractivity contribution in [2.75, 3.05) is 7.05 Å². The van der Waals surface area contributed by atoms with Crippen molar-refractivity contribution in [2.24, 2.45) is 0 Å². The van der Waals surface area contributed by atoms with Gasteiger partial charge >= 0.3 is 6.30 Å². The van der Waals surface area contributed by atoms with E-state index in [0.717, 1.165) is 18.8 Å². The summed E-state index contributed by atoms with van der Waals surface area (Å²) in [6, 6.07) is 8.96. The van der Waals surface area contributed by atoms with Crippen molar-refractivity contribution in [2.45, 2.75) is 13.2 Å². The van der Waals surface area contributed by atoms with Crippen molar-refractivity contribution in [1.29, 1.82) is 0 Å². The number of alkyl halides is 3. The van der Waals surface area contributed by atoms with Crippen molar-refractivity contribution in [3.8, 4) is 0 Å². The molecule has 0 saturated carbocycles. The molecular weight excluding hydrogens is 203 g/mol. The fraction of sp³-hybridized carbons (Fsp3) is 0.273. The van der Waals surface area contributed by atoms with E-state index in [1.165, 1.54) is 0 Å². The SMILES string of the molecule is C/C(=C\N(C)C(F)(F)F)c1ccccc1. The van der Waals surface area contributed by atoms with Crippen LogP contribution < -0.4 is 0 Å². The third-order valence-corrected chi connectivity index (χ3v) is 2.02. The van der Waals surface area contributed by atoms with Gasteiger partial charge in [0.1, 0.15) is 0 Å². The molecule has 1 aromatic rings. The first-order chi connectivity index (χ1) is 6.91. The summed E-state index contributed by atoms with van der Waals surface area (Å²) in [4.78, 5) is 0.245. The highest BCUT2D eigenvalue weighted by Crippen LogP contribution is 2.22. The number of hydrogen-bond donors (Lipinski definition) is 0. The Kier molecular flexibility index (Phi) is 3.39. The molecule has 0 aliphatic heterocycles. The van der Waals surface area contributed by atoms with E-state index in [1.807, 2.05) is 6.07 Å². The van der Waals surface area contributed by atoms with Gasteiger partial charge in [0.25, 0.3) is 0 Å². The average Bonchev–Trinajstić information content (AvgIpc) is 2.17. The van der Waals surface area contributed by atoms with E-state index in [-0.39, 0.29) is 4.90 Å². The Balaban J connectivity index is 2.86. The van der Waals surface area contributed by atoms with Gasteiger partial charge in [-0.1, -0.05) is 30.3 Å². The molecule has 82 valence electrons. The van der Waals surface area contributed by atoms with E-state index >= 15 is 0 Å². The van der Waals surface area contributed by atoms with E-state index in [0.29, 0.717) is 5.57 Å². The van der Waals surface area contributed by atoms with Crippen LogP contribution in [0.15, 0.2) is 36.5 Å². The molecule has 0 aliphatic rings. The summed E-state index contributed by atoms with van der Waals surface area (Å²) in [7, 11) is 0.992. The van der Waals surface area contributed by atoms with Crippen LogP contribution in [0.25, 0.3) is 5.57 Å². The van der Waals surface area contributed by atoms with Crippen LogP contribution >= 0.6 is 0 Å².